The van der Waals surface area contributed by atoms with E-state index in [0.717, 1.165) is 89.9 Å². The lowest BCUT2D eigenvalue weighted by Crippen LogP contribution is -2.33. The van der Waals surface area contributed by atoms with E-state index in [2.05, 4.69) is 49.0 Å². The molecule has 0 unspecified atom stereocenters. The molecule has 0 aliphatic rings. The van der Waals surface area contributed by atoms with Crippen LogP contribution in [0.5, 0.6) is 5.75 Å². The summed E-state index contributed by atoms with van der Waals surface area (Å²) in [5, 5.41) is 11.1. The third-order valence-corrected chi connectivity index (χ3v) is 9.15. The summed E-state index contributed by atoms with van der Waals surface area (Å²) in [6.07, 6.45) is 19.0. The SMILES string of the molecule is CCCCCCCCOC(=O)c1cc(NC(=O)CCCCC)cc(NC(=O)CNC(=O)c2cc(NC(=O)CCCCC)ccc2OCCCCCCCC)c1. The zero-order valence-electron chi connectivity index (χ0n) is 34.1. The Morgan fingerprint density at radius 2 is 1.00 bits per heavy atom. The van der Waals surface area contributed by atoms with E-state index in [0.29, 0.717) is 36.6 Å². The van der Waals surface area contributed by atoms with Gasteiger partial charge in [0.25, 0.3) is 5.91 Å². The predicted molar refractivity (Wildman–Crippen MR) is 222 cm³/mol. The first-order valence-electron chi connectivity index (χ1n) is 21.0. The third kappa shape index (κ3) is 20.7. The number of anilines is 3. The number of benzene rings is 2. The van der Waals surface area contributed by atoms with E-state index < -0.39 is 17.8 Å². The lowest BCUT2D eigenvalue weighted by atomic mass is 10.1. The normalized spacial score (nSPS) is 10.8. The Morgan fingerprint density at radius 1 is 0.509 bits per heavy atom. The van der Waals surface area contributed by atoms with Gasteiger partial charge in [-0.1, -0.05) is 118 Å². The summed E-state index contributed by atoms with van der Waals surface area (Å²) in [5.41, 5.74) is 1.49. The molecule has 0 bridgehead atoms. The highest BCUT2D eigenvalue weighted by Gasteiger charge is 2.18. The van der Waals surface area contributed by atoms with E-state index >= 15 is 0 Å². The maximum atomic E-state index is 13.5. The van der Waals surface area contributed by atoms with Crippen molar-refractivity contribution in [3.05, 3.63) is 47.5 Å². The van der Waals surface area contributed by atoms with Crippen LogP contribution in [0.25, 0.3) is 0 Å². The first-order valence-corrected chi connectivity index (χ1v) is 21.0. The number of unbranched alkanes of at least 4 members (excludes halogenated alkanes) is 14. The molecule has 4 amide bonds. The molecule has 0 fully saturated rings. The van der Waals surface area contributed by atoms with Crippen molar-refractivity contribution in [3.8, 4) is 5.75 Å². The van der Waals surface area contributed by atoms with Gasteiger partial charge in [-0.2, -0.15) is 0 Å². The van der Waals surface area contributed by atoms with Gasteiger partial charge in [0.1, 0.15) is 5.75 Å². The van der Waals surface area contributed by atoms with Crippen molar-refractivity contribution >= 4 is 46.7 Å². The van der Waals surface area contributed by atoms with Gasteiger partial charge in [0.2, 0.25) is 17.7 Å². The van der Waals surface area contributed by atoms with Gasteiger partial charge >= 0.3 is 5.97 Å². The predicted octanol–water partition coefficient (Wildman–Crippen LogP) is 10.3. The first kappa shape index (κ1) is 46.7. The summed E-state index contributed by atoms with van der Waals surface area (Å²) in [4.78, 5) is 64.9. The minimum Gasteiger partial charge on any atom is -0.493 e. The Kier molecular flexibility index (Phi) is 24.6. The van der Waals surface area contributed by atoms with Crippen molar-refractivity contribution < 1.29 is 33.4 Å². The fourth-order valence-electron chi connectivity index (χ4n) is 5.97. The van der Waals surface area contributed by atoms with Crippen LogP contribution in [0.3, 0.4) is 0 Å². The molecule has 0 saturated heterocycles. The summed E-state index contributed by atoms with van der Waals surface area (Å²) in [7, 11) is 0. The second-order valence-electron chi connectivity index (χ2n) is 14.3. The monoisotopic (exact) mass is 765 g/mol. The summed E-state index contributed by atoms with van der Waals surface area (Å²) in [5.74, 6) is -1.59. The quantitative estimate of drug-likeness (QED) is 0.0456. The first-order chi connectivity index (χ1) is 26.7. The van der Waals surface area contributed by atoms with Crippen LogP contribution in [0.4, 0.5) is 17.1 Å². The van der Waals surface area contributed by atoms with Gasteiger partial charge in [-0.3, -0.25) is 19.2 Å². The molecule has 2 rings (SSSR count). The molecule has 0 spiro atoms. The molecule has 0 aromatic heterocycles. The van der Waals surface area contributed by atoms with Crippen molar-refractivity contribution in [2.24, 2.45) is 0 Å². The molecule has 0 aliphatic heterocycles. The van der Waals surface area contributed by atoms with E-state index in [1.165, 1.54) is 31.7 Å². The lowest BCUT2D eigenvalue weighted by molar-refractivity contribution is -0.117. The number of rotatable bonds is 30. The third-order valence-electron chi connectivity index (χ3n) is 9.15. The van der Waals surface area contributed by atoms with Crippen molar-refractivity contribution in [1.29, 1.82) is 0 Å². The Balaban J connectivity index is 2.14. The number of hydrogen-bond acceptors (Lipinski definition) is 7. The number of ether oxygens (including phenoxy) is 2. The number of carbonyl (C=O) groups excluding carboxylic acids is 5. The Bertz CT molecular complexity index is 1460. The van der Waals surface area contributed by atoms with E-state index in [4.69, 9.17) is 9.47 Å². The lowest BCUT2D eigenvalue weighted by Gasteiger charge is -2.15. The highest BCUT2D eigenvalue weighted by molar-refractivity contribution is 6.03. The van der Waals surface area contributed by atoms with E-state index in [-0.39, 0.29) is 41.8 Å². The van der Waals surface area contributed by atoms with Crippen molar-refractivity contribution in [1.82, 2.24) is 5.32 Å². The minimum atomic E-state index is -0.551. The second-order valence-corrected chi connectivity index (χ2v) is 14.3. The van der Waals surface area contributed by atoms with E-state index in [1.54, 1.807) is 30.3 Å². The molecule has 0 saturated carbocycles. The van der Waals surface area contributed by atoms with Gasteiger partial charge in [0.05, 0.1) is 30.9 Å². The van der Waals surface area contributed by atoms with Crippen LogP contribution < -0.4 is 26.0 Å². The average molecular weight is 765 g/mol. The smallest absolute Gasteiger partial charge is 0.338 e. The number of esters is 1. The maximum absolute atomic E-state index is 13.5. The highest BCUT2D eigenvalue weighted by Crippen LogP contribution is 2.25. The molecule has 4 N–H and O–H groups in total. The van der Waals surface area contributed by atoms with Crippen LogP contribution in [-0.2, 0) is 19.1 Å². The van der Waals surface area contributed by atoms with Crippen LogP contribution in [0.1, 0.15) is 177 Å². The molecular weight excluding hydrogens is 697 g/mol. The largest absolute Gasteiger partial charge is 0.493 e. The molecule has 2 aromatic rings. The summed E-state index contributed by atoms with van der Waals surface area (Å²) >= 11 is 0. The van der Waals surface area contributed by atoms with Crippen LogP contribution in [-0.4, -0.2) is 49.4 Å². The molecule has 11 nitrogen and oxygen atoms in total. The Morgan fingerprint density at radius 3 is 1.58 bits per heavy atom. The van der Waals surface area contributed by atoms with Gasteiger partial charge in [-0.25, -0.2) is 4.79 Å². The molecule has 0 heterocycles. The topological polar surface area (TPSA) is 152 Å². The number of amides is 4. The maximum Gasteiger partial charge on any atom is 0.338 e. The standard InChI is InChI=1S/C44H68N4O7/c1-5-9-13-15-17-21-27-54-39-26-25-35(46-40(49)23-19-11-7-3)32-38(39)43(52)45-33-42(51)48-37-30-34(44(53)55-28-22-18-16-14-10-6-2)29-36(31-37)47-41(50)24-20-12-8-4/h25-26,29-32H,5-24,27-28,33H2,1-4H3,(H,45,52)(H,46,49)(H,47,50)(H,48,51). The van der Waals surface area contributed by atoms with Gasteiger partial charge in [0, 0.05) is 29.9 Å². The molecule has 306 valence electrons. The van der Waals surface area contributed by atoms with E-state index in [1.807, 2.05) is 0 Å². The van der Waals surface area contributed by atoms with Gasteiger partial charge in [0.15, 0.2) is 0 Å². The number of nitrogens with one attached hydrogen (secondary N) is 4. The van der Waals surface area contributed by atoms with Gasteiger partial charge < -0.3 is 30.7 Å². The van der Waals surface area contributed by atoms with Crippen LogP contribution >= 0.6 is 0 Å². The second kappa shape index (κ2) is 29.0. The van der Waals surface area contributed by atoms with E-state index in [9.17, 15) is 24.0 Å². The van der Waals surface area contributed by atoms with Crippen LogP contribution in [0.2, 0.25) is 0 Å². The van der Waals surface area contributed by atoms with Gasteiger partial charge in [-0.15, -0.1) is 0 Å². The highest BCUT2D eigenvalue weighted by atomic mass is 16.5. The van der Waals surface area contributed by atoms with Crippen molar-refractivity contribution in [2.45, 2.75) is 156 Å². The minimum absolute atomic E-state index is 0.134. The van der Waals surface area contributed by atoms with Gasteiger partial charge in [-0.05, 0) is 62.1 Å². The fourth-order valence-corrected chi connectivity index (χ4v) is 5.97. The number of hydrogen-bond donors (Lipinski definition) is 4. The fraction of sp³-hybridized carbons (Fsp3) is 0.614. The molecule has 0 atom stereocenters. The zero-order chi connectivity index (χ0) is 40.1. The number of carbonyl (C=O) groups is 5. The summed E-state index contributed by atoms with van der Waals surface area (Å²) in [6.45, 7) is 8.82. The summed E-state index contributed by atoms with van der Waals surface area (Å²) in [6, 6.07) is 9.56. The molecular formula is C44H68N4O7. The average Bonchev–Trinajstić information content (AvgIpc) is 3.16. The molecule has 55 heavy (non-hydrogen) atoms. The van der Waals surface area contributed by atoms with Crippen molar-refractivity contribution in [2.75, 3.05) is 35.7 Å². The molecule has 11 heteroatoms. The Hall–Kier alpha value is -4.41. The molecule has 0 radical (unpaired) electrons. The molecule has 2 aromatic carbocycles. The summed E-state index contributed by atoms with van der Waals surface area (Å²) < 4.78 is 11.6. The Labute approximate surface area is 329 Å². The van der Waals surface area contributed by atoms with Crippen LogP contribution in [0.15, 0.2) is 36.4 Å². The van der Waals surface area contributed by atoms with Crippen molar-refractivity contribution in [3.63, 3.8) is 0 Å². The van der Waals surface area contributed by atoms with Crippen LogP contribution in [0, 0.1) is 0 Å². The molecule has 0 aliphatic carbocycles. The zero-order valence-corrected chi connectivity index (χ0v) is 34.1.